The number of aromatic amines is 1. The molecule has 1 N–H and O–H groups in total. The van der Waals surface area contributed by atoms with Crippen molar-refractivity contribution in [1.29, 1.82) is 0 Å². The molecular weight excluding hydrogens is 391 g/mol. The molecule has 0 radical (unpaired) electrons. The van der Waals surface area contributed by atoms with E-state index < -0.39 is 36.8 Å². The van der Waals surface area contributed by atoms with E-state index in [0.29, 0.717) is 19.3 Å². The second-order valence-electron chi connectivity index (χ2n) is 6.22. The van der Waals surface area contributed by atoms with E-state index in [0.717, 1.165) is 0 Å². The van der Waals surface area contributed by atoms with Gasteiger partial charge in [-0.2, -0.15) is 0 Å². The zero-order chi connectivity index (χ0) is 20.7. The lowest BCUT2D eigenvalue weighted by Crippen LogP contribution is -2.33. The summed E-state index contributed by atoms with van der Waals surface area (Å²) in [4.78, 5) is 37.8. The van der Waals surface area contributed by atoms with E-state index in [9.17, 15) is 18.9 Å². The van der Waals surface area contributed by atoms with Crippen LogP contribution in [-0.4, -0.2) is 47.3 Å². The van der Waals surface area contributed by atoms with E-state index in [1.54, 1.807) is 20.8 Å². The van der Waals surface area contributed by atoms with E-state index in [-0.39, 0.29) is 25.9 Å². The Balaban J connectivity index is 2.18. The Morgan fingerprint density at radius 3 is 2.46 bits per heavy atom. The van der Waals surface area contributed by atoms with Crippen molar-refractivity contribution in [2.75, 3.05) is 19.8 Å². The molecule has 2 rings (SSSR count). The Hall–Kier alpha value is -1.74. The second kappa shape index (κ2) is 10.2. The van der Waals surface area contributed by atoms with Gasteiger partial charge in [0.2, 0.25) is 0 Å². The van der Waals surface area contributed by atoms with E-state index >= 15 is 0 Å². The quantitative estimate of drug-likeness (QED) is 0.450. The highest BCUT2D eigenvalue weighted by Crippen LogP contribution is 2.55. The van der Waals surface area contributed by atoms with Gasteiger partial charge >= 0.3 is 19.3 Å². The number of carbonyl (C=O) groups is 1. The lowest BCUT2D eigenvalue weighted by atomic mass is 10.2. The smallest absolute Gasteiger partial charge is 0.370 e. The Labute approximate surface area is 162 Å². The third-order valence-corrected chi connectivity index (χ3v) is 6.46. The predicted octanol–water partition coefficient (Wildman–Crippen LogP) is 1.80. The van der Waals surface area contributed by atoms with Crippen LogP contribution in [0.5, 0.6) is 0 Å². The minimum atomic E-state index is -3.89. The average molecular weight is 418 g/mol. The lowest BCUT2D eigenvalue weighted by Gasteiger charge is -2.27. The molecule has 0 aromatic carbocycles. The molecule has 0 aliphatic heterocycles. The number of nitrogens with one attached hydrogen (secondary N) is 1. The van der Waals surface area contributed by atoms with Crippen LogP contribution in [0.3, 0.4) is 0 Å². The lowest BCUT2D eigenvalue weighted by molar-refractivity contribution is -0.155. The molecule has 1 unspecified atom stereocenters. The molecule has 1 aliphatic carbocycles. The maximum atomic E-state index is 13.1. The highest BCUT2D eigenvalue weighted by Gasteiger charge is 2.46. The molecule has 3 atom stereocenters. The van der Waals surface area contributed by atoms with E-state index in [2.05, 4.69) is 4.98 Å². The summed E-state index contributed by atoms with van der Waals surface area (Å²) in [5.41, 5.74) is -0.974. The van der Waals surface area contributed by atoms with Gasteiger partial charge in [-0.15, -0.1) is 0 Å². The van der Waals surface area contributed by atoms with Crippen molar-refractivity contribution in [2.24, 2.45) is 0 Å². The standard InChI is InChI=1S/C17H27N2O8P/c1-4-24-15(21)16(28(23,25-5-2)26-6-3)27-13-8-7-12(11-13)19-10-9-14(20)18-17(19)22/h9-10,12-13,16H,4-8,11H2,1-3H3,(H,18,20,22)/t12-,13+,16?/m0/s1. The first-order valence-corrected chi connectivity index (χ1v) is 11.0. The molecule has 1 saturated carbocycles. The SMILES string of the molecule is CCOC(=O)C(O[C@@H]1CC[C@H](n2ccc(=O)[nH]c2=O)C1)P(=O)(OCC)OCC. The third kappa shape index (κ3) is 5.41. The van der Waals surface area contributed by atoms with Crippen LogP contribution in [0.15, 0.2) is 21.9 Å². The number of nitrogens with zero attached hydrogens (tertiary/aromatic N) is 1. The van der Waals surface area contributed by atoms with E-state index in [1.807, 2.05) is 0 Å². The highest BCUT2D eigenvalue weighted by molar-refractivity contribution is 7.55. The summed E-state index contributed by atoms with van der Waals surface area (Å²) in [6.45, 7) is 5.17. The van der Waals surface area contributed by atoms with Crippen molar-refractivity contribution >= 4 is 13.6 Å². The van der Waals surface area contributed by atoms with Crippen LogP contribution in [0.4, 0.5) is 0 Å². The van der Waals surface area contributed by atoms with E-state index in [4.69, 9.17) is 18.5 Å². The summed E-state index contributed by atoms with van der Waals surface area (Å²) in [6.07, 6.45) is 2.51. The number of aromatic nitrogens is 2. The first kappa shape index (κ1) is 22.5. The minimum absolute atomic E-state index is 0.0800. The fraction of sp³-hybridized carbons (Fsp3) is 0.706. The number of rotatable bonds is 10. The van der Waals surface area contributed by atoms with Crippen molar-refractivity contribution in [3.05, 3.63) is 33.1 Å². The molecule has 0 saturated heterocycles. The monoisotopic (exact) mass is 418 g/mol. The Morgan fingerprint density at radius 2 is 1.89 bits per heavy atom. The van der Waals surface area contributed by atoms with Crippen LogP contribution < -0.4 is 11.2 Å². The summed E-state index contributed by atoms with van der Waals surface area (Å²) >= 11 is 0. The van der Waals surface area contributed by atoms with Gasteiger partial charge in [0.25, 0.3) is 11.4 Å². The third-order valence-electron chi connectivity index (χ3n) is 4.32. The molecule has 0 bridgehead atoms. The molecule has 158 valence electrons. The van der Waals surface area contributed by atoms with Crippen molar-refractivity contribution < 1.29 is 27.9 Å². The molecule has 1 aromatic rings. The van der Waals surface area contributed by atoms with Crippen LogP contribution in [0.1, 0.15) is 46.1 Å². The summed E-state index contributed by atoms with van der Waals surface area (Å²) in [5.74, 6) is -2.30. The zero-order valence-electron chi connectivity index (χ0n) is 16.3. The number of H-pyrrole nitrogens is 1. The molecule has 1 heterocycles. The maximum absolute atomic E-state index is 13.1. The molecule has 1 fully saturated rings. The zero-order valence-corrected chi connectivity index (χ0v) is 17.2. The summed E-state index contributed by atoms with van der Waals surface area (Å²) < 4.78 is 35.9. The van der Waals surface area contributed by atoms with Crippen molar-refractivity contribution in [3.8, 4) is 0 Å². The maximum Gasteiger partial charge on any atom is 0.370 e. The van der Waals surface area contributed by atoms with Crippen LogP contribution in [-0.2, 0) is 27.9 Å². The minimum Gasteiger partial charge on any atom is -0.464 e. The van der Waals surface area contributed by atoms with Crippen molar-refractivity contribution in [1.82, 2.24) is 9.55 Å². The van der Waals surface area contributed by atoms with Gasteiger partial charge < -0.3 is 18.5 Å². The topological polar surface area (TPSA) is 126 Å². The summed E-state index contributed by atoms with van der Waals surface area (Å²) in [6, 6.07) is 1.06. The molecule has 1 aliphatic rings. The predicted molar refractivity (Wildman–Crippen MR) is 100 cm³/mol. The molecule has 10 nitrogen and oxygen atoms in total. The largest absolute Gasteiger partial charge is 0.464 e. The van der Waals surface area contributed by atoms with Gasteiger partial charge in [0, 0.05) is 18.3 Å². The van der Waals surface area contributed by atoms with E-state index in [1.165, 1.54) is 16.8 Å². The number of hydrogen-bond acceptors (Lipinski definition) is 8. The fourth-order valence-electron chi connectivity index (χ4n) is 3.20. The first-order chi connectivity index (χ1) is 13.3. The fourth-order valence-corrected chi connectivity index (χ4v) is 4.92. The first-order valence-electron chi connectivity index (χ1n) is 9.36. The highest BCUT2D eigenvalue weighted by atomic mass is 31.2. The van der Waals surface area contributed by atoms with Crippen molar-refractivity contribution in [3.63, 3.8) is 0 Å². The molecule has 0 amide bonds. The van der Waals surface area contributed by atoms with Crippen molar-refractivity contribution in [2.45, 2.75) is 58.0 Å². The normalized spacial score (nSPS) is 20.8. The van der Waals surface area contributed by atoms with Crippen LogP contribution in [0.2, 0.25) is 0 Å². The van der Waals surface area contributed by atoms with Gasteiger partial charge in [-0.05, 0) is 40.0 Å². The summed E-state index contributed by atoms with van der Waals surface area (Å²) in [5, 5.41) is 0. The van der Waals surface area contributed by atoms with Gasteiger partial charge in [0.05, 0.1) is 25.9 Å². The van der Waals surface area contributed by atoms with Gasteiger partial charge in [0.1, 0.15) is 0 Å². The Kier molecular flexibility index (Phi) is 8.18. The van der Waals surface area contributed by atoms with Crippen LogP contribution in [0, 0.1) is 0 Å². The van der Waals surface area contributed by atoms with Gasteiger partial charge in [-0.25, -0.2) is 9.59 Å². The molecule has 0 spiro atoms. The Morgan fingerprint density at radius 1 is 1.21 bits per heavy atom. The van der Waals surface area contributed by atoms with Gasteiger partial charge in [-0.1, -0.05) is 0 Å². The number of esters is 1. The molecular formula is C17H27N2O8P. The Bertz CT molecular complexity index is 810. The number of carbonyl (C=O) groups excluding carboxylic acids is 1. The molecule has 11 heteroatoms. The van der Waals surface area contributed by atoms with Gasteiger partial charge in [0.15, 0.2) is 0 Å². The van der Waals surface area contributed by atoms with Gasteiger partial charge in [-0.3, -0.25) is 18.9 Å². The molecule has 28 heavy (non-hydrogen) atoms. The second-order valence-corrected chi connectivity index (χ2v) is 8.29. The van der Waals surface area contributed by atoms with Crippen LogP contribution >= 0.6 is 7.60 Å². The summed E-state index contributed by atoms with van der Waals surface area (Å²) in [7, 11) is -3.89. The molecule has 1 aromatic heterocycles. The average Bonchev–Trinajstić information content (AvgIpc) is 3.08. The number of hydrogen-bond donors (Lipinski definition) is 1. The van der Waals surface area contributed by atoms with Crippen LogP contribution in [0.25, 0.3) is 0 Å². The number of ether oxygens (including phenoxy) is 2.